The summed E-state index contributed by atoms with van der Waals surface area (Å²) in [4.78, 5) is 12.1. The van der Waals surface area contributed by atoms with Crippen molar-refractivity contribution in [1.82, 2.24) is 5.32 Å². The molecule has 0 radical (unpaired) electrons. The van der Waals surface area contributed by atoms with Crippen LogP contribution in [-0.2, 0) is 4.74 Å². The van der Waals surface area contributed by atoms with Gasteiger partial charge in [0.25, 0.3) is 0 Å². The molecular formula is C16H20N2O4S. The van der Waals surface area contributed by atoms with Crippen LogP contribution in [0.1, 0.15) is 11.7 Å². The minimum atomic E-state index is -0.339. The number of nitrogens with one attached hydrogen (secondary N) is 2. The molecule has 1 heterocycles. The largest absolute Gasteiger partial charge is 0.493 e. The number of carbonyl (C=O) groups is 1. The molecule has 0 aliphatic heterocycles. The number of amides is 2. The molecule has 2 N–H and O–H groups in total. The van der Waals surface area contributed by atoms with Crippen molar-refractivity contribution in [2.45, 2.75) is 6.10 Å². The maximum atomic E-state index is 12.1. The van der Waals surface area contributed by atoms with E-state index in [0.717, 1.165) is 5.56 Å². The lowest BCUT2D eigenvalue weighted by molar-refractivity contribution is 0.105. The molecule has 6 nitrogen and oxygen atoms in total. The van der Waals surface area contributed by atoms with E-state index in [9.17, 15) is 4.79 Å². The fourth-order valence-corrected chi connectivity index (χ4v) is 2.83. The smallest absolute Gasteiger partial charge is 0.319 e. The van der Waals surface area contributed by atoms with E-state index < -0.39 is 0 Å². The zero-order chi connectivity index (χ0) is 16.7. The minimum Gasteiger partial charge on any atom is -0.493 e. The predicted molar refractivity (Wildman–Crippen MR) is 90.6 cm³/mol. The van der Waals surface area contributed by atoms with E-state index in [-0.39, 0.29) is 12.1 Å². The summed E-state index contributed by atoms with van der Waals surface area (Å²) in [5.41, 5.74) is 1.57. The van der Waals surface area contributed by atoms with Gasteiger partial charge < -0.3 is 24.8 Å². The molecule has 1 atom stereocenters. The van der Waals surface area contributed by atoms with Crippen molar-refractivity contribution in [1.29, 1.82) is 0 Å². The van der Waals surface area contributed by atoms with Gasteiger partial charge in [0.15, 0.2) is 11.5 Å². The van der Waals surface area contributed by atoms with Crippen LogP contribution in [0.3, 0.4) is 0 Å². The van der Waals surface area contributed by atoms with Crippen LogP contribution in [0.4, 0.5) is 10.5 Å². The SMILES string of the molecule is COc1cccc(NC(=O)NC[C@H](OC)c2ccsc2)c1OC. The van der Waals surface area contributed by atoms with Gasteiger partial charge in [0.1, 0.15) is 6.10 Å². The molecule has 2 amide bonds. The Balaban J connectivity index is 1.97. The van der Waals surface area contributed by atoms with Gasteiger partial charge in [-0.15, -0.1) is 0 Å². The summed E-state index contributed by atoms with van der Waals surface area (Å²) < 4.78 is 15.9. The molecule has 0 fully saturated rings. The number of carbonyl (C=O) groups excluding carboxylic acids is 1. The van der Waals surface area contributed by atoms with E-state index in [2.05, 4.69) is 10.6 Å². The van der Waals surface area contributed by atoms with Crippen LogP contribution in [0, 0.1) is 0 Å². The standard InChI is InChI=1S/C16H20N2O4S/c1-20-13-6-4-5-12(15(13)22-3)18-16(19)17-9-14(21-2)11-7-8-23-10-11/h4-8,10,14H,9H2,1-3H3,(H2,17,18,19)/t14-/m0/s1. The van der Waals surface area contributed by atoms with Crippen molar-refractivity contribution in [3.63, 3.8) is 0 Å². The van der Waals surface area contributed by atoms with Crippen molar-refractivity contribution in [2.24, 2.45) is 0 Å². The van der Waals surface area contributed by atoms with Crippen molar-refractivity contribution < 1.29 is 19.0 Å². The molecule has 0 saturated carbocycles. The lowest BCUT2D eigenvalue weighted by atomic mass is 10.2. The normalized spacial score (nSPS) is 11.6. The molecular weight excluding hydrogens is 316 g/mol. The molecule has 0 bridgehead atoms. The van der Waals surface area contributed by atoms with Gasteiger partial charge in [-0.1, -0.05) is 6.07 Å². The molecule has 2 aromatic rings. The third-order valence-corrected chi connectivity index (χ3v) is 4.00. The number of hydrogen-bond acceptors (Lipinski definition) is 5. The number of anilines is 1. The van der Waals surface area contributed by atoms with E-state index in [1.165, 1.54) is 7.11 Å². The quantitative estimate of drug-likeness (QED) is 0.814. The fraction of sp³-hybridized carbons (Fsp3) is 0.312. The van der Waals surface area contributed by atoms with Gasteiger partial charge in [0.05, 0.1) is 19.9 Å². The molecule has 1 aromatic heterocycles. The number of urea groups is 1. The average molecular weight is 336 g/mol. The van der Waals surface area contributed by atoms with Crippen molar-refractivity contribution >= 4 is 23.1 Å². The van der Waals surface area contributed by atoms with Crippen LogP contribution >= 0.6 is 11.3 Å². The monoisotopic (exact) mass is 336 g/mol. The van der Waals surface area contributed by atoms with Crippen LogP contribution in [0.15, 0.2) is 35.0 Å². The van der Waals surface area contributed by atoms with E-state index in [1.807, 2.05) is 16.8 Å². The summed E-state index contributed by atoms with van der Waals surface area (Å²) in [6.07, 6.45) is -0.181. The van der Waals surface area contributed by atoms with Crippen LogP contribution in [0.25, 0.3) is 0 Å². The maximum absolute atomic E-state index is 12.1. The molecule has 1 aromatic carbocycles. The highest BCUT2D eigenvalue weighted by molar-refractivity contribution is 7.07. The second kappa shape index (κ2) is 8.40. The highest BCUT2D eigenvalue weighted by Crippen LogP contribution is 2.34. The Morgan fingerprint density at radius 2 is 2.04 bits per heavy atom. The average Bonchev–Trinajstić information content (AvgIpc) is 3.09. The molecule has 23 heavy (non-hydrogen) atoms. The molecule has 2 rings (SSSR count). The van der Waals surface area contributed by atoms with Crippen LogP contribution < -0.4 is 20.1 Å². The number of thiophene rings is 1. The van der Waals surface area contributed by atoms with Crippen LogP contribution in [0.5, 0.6) is 11.5 Å². The minimum absolute atomic E-state index is 0.181. The first-order valence-electron chi connectivity index (χ1n) is 7.00. The summed E-state index contributed by atoms with van der Waals surface area (Å²) in [6.45, 7) is 0.366. The summed E-state index contributed by atoms with van der Waals surface area (Å²) in [5, 5.41) is 9.52. The number of ether oxygens (including phenoxy) is 3. The lowest BCUT2D eigenvalue weighted by Gasteiger charge is -2.17. The van der Waals surface area contributed by atoms with Gasteiger partial charge >= 0.3 is 6.03 Å². The van der Waals surface area contributed by atoms with E-state index in [1.54, 1.807) is 43.8 Å². The highest BCUT2D eigenvalue weighted by atomic mass is 32.1. The van der Waals surface area contributed by atoms with Crippen LogP contribution in [0.2, 0.25) is 0 Å². The Hall–Kier alpha value is -2.25. The van der Waals surface area contributed by atoms with Crippen molar-refractivity contribution in [3.8, 4) is 11.5 Å². The molecule has 0 spiro atoms. The van der Waals surface area contributed by atoms with E-state index >= 15 is 0 Å². The van der Waals surface area contributed by atoms with Crippen molar-refractivity contribution in [2.75, 3.05) is 33.2 Å². The molecule has 124 valence electrons. The van der Waals surface area contributed by atoms with Gasteiger partial charge in [0.2, 0.25) is 0 Å². The van der Waals surface area contributed by atoms with Gasteiger partial charge in [-0.3, -0.25) is 0 Å². The number of benzene rings is 1. The summed E-state index contributed by atoms with van der Waals surface area (Å²) in [6, 6.07) is 6.92. The fourth-order valence-electron chi connectivity index (χ4n) is 2.13. The zero-order valence-electron chi connectivity index (χ0n) is 13.3. The molecule has 0 aliphatic rings. The van der Waals surface area contributed by atoms with Crippen LogP contribution in [-0.4, -0.2) is 33.9 Å². The Bertz CT molecular complexity index is 631. The number of hydrogen-bond donors (Lipinski definition) is 2. The summed E-state index contributed by atoms with van der Waals surface area (Å²) in [7, 11) is 4.69. The zero-order valence-corrected chi connectivity index (χ0v) is 14.1. The molecule has 0 aliphatic carbocycles. The molecule has 0 saturated heterocycles. The first-order chi connectivity index (χ1) is 11.2. The van der Waals surface area contributed by atoms with Gasteiger partial charge in [0, 0.05) is 13.7 Å². The number of methoxy groups -OCH3 is 3. The third kappa shape index (κ3) is 4.37. The third-order valence-electron chi connectivity index (χ3n) is 3.30. The number of para-hydroxylation sites is 1. The summed E-state index contributed by atoms with van der Waals surface area (Å²) >= 11 is 1.59. The second-order valence-corrected chi connectivity index (χ2v) is 5.44. The van der Waals surface area contributed by atoms with Gasteiger partial charge in [-0.05, 0) is 34.5 Å². The highest BCUT2D eigenvalue weighted by Gasteiger charge is 2.15. The number of rotatable bonds is 7. The summed E-state index contributed by atoms with van der Waals surface area (Å²) in [5.74, 6) is 1.03. The van der Waals surface area contributed by atoms with Gasteiger partial charge in [-0.25, -0.2) is 4.79 Å². The Morgan fingerprint density at radius 1 is 1.22 bits per heavy atom. The lowest BCUT2D eigenvalue weighted by Crippen LogP contribution is -2.33. The molecule has 0 unspecified atom stereocenters. The van der Waals surface area contributed by atoms with Gasteiger partial charge in [-0.2, -0.15) is 11.3 Å². The second-order valence-electron chi connectivity index (χ2n) is 4.66. The molecule has 7 heteroatoms. The Kier molecular flexibility index (Phi) is 6.25. The van der Waals surface area contributed by atoms with E-state index in [0.29, 0.717) is 23.7 Å². The topological polar surface area (TPSA) is 68.8 Å². The first-order valence-corrected chi connectivity index (χ1v) is 7.94. The predicted octanol–water partition coefficient (Wildman–Crippen LogP) is 3.27. The maximum Gasteiger partial charge on any atom is 0.319 e. The Morgan fingerprint density at radius 3 is 2.65 bits per heavy atom. The van der Waals surface area contributed by atoms with Crippen molar-refractivity contribution in [3.05, 3.63) is 40.6 Å². The Labute approximate surface area is 139 Å². The first kappa shape index (κ1) is 17.1. The van der Waals surface area contributed by atoms with E-state index in [4.69, 9.17) is 14.2 Å².